The van der Waals surface area contributed by atoms with Gasteiger partial charge in [-0.05, 0) is 57.7 Å². The van der Waals surface area contributed by atoms with E-state index in [0.29, 0.717) is 25.9 Å². The SMILES string of the molecule is COc1c(/C(C)=C/C(=O)N2CCC(C(N)=O)CC2)cc2c(C)c(C)oc2c1C. The van der Waals surface area contributed by atoms with Crippen molar-refractivity contribution in [3.63, 3.8) is 0 Å². The largest absolute Gasteiger partial charge is 0.496 e. The van der Waals surface area contributed by atoms with Gasteiger partial charge in [0.1, 0.15) is 17.1 Å². The number of fused-ring (bicyclic) bond motifs is 1. The number of methoxy groups -OCH3 is 1. The molecular weight excluding hydrogens is 356 g/mol. The summed E-state index contributed by atoms with van der Waals surface area (Å²) < 4.78 is 11.5. The fourth-order valence-corrected chi connectivity index (χ4v) is 3.91. The Morgan fingerprint density at radius 1 is 1.21 bits per heavy atom. The average Bonchev–Trinajstić information content (AvgIpc) is 2.96. The minimum absolute atomic E-state index is 0.0553. The smallest absolute Gasteiger partial charge is 0.246 e. The van der Waals surface area contributed by atoms with Gasteiger partial charge >= 0.3 is 0 Å². The average molecular weight is 384 g/mol. The Kier molecular flexibility index (Phi) is 5.49. The number of ether oxygens (including phenoxy) is 1. The Bertz CT molecular complexity index is 963. The number of nitrogens with zero attached hydrogens (tertiary/aromatic N) is 1. The standard InChI is InChI=1S/C22H28N2O4/c1-12(10-19(25)24-8-6-16(7-9-24)22(23)26)17-11-18-13(2)15(4)28-21(18)14(3)20(17)27-5/h10-11,16H,6-9H2,1-5H3,(H2,23,26)/b12-10+. The molecule has 2 amide bonds. The van der Waals surface area contributed by atoms with Crippen molar-refractivity contribution in [3.05, 3.63) is 34.6 Å². The van der Waals surface area contributed by atoms with Gasteiger partial charge in [-0.1, -0.05) is 0 Å². The predicted molar refractivity (Wildman–Crippen MR) is 109 cm³/mol. The summed E-state index contributed by atoms with van der Waals surface area (Å²) in [7, 11) is 1.63. The zero-order chi connectivity index (χ0) is 20.6. The van der Waals surface area contributed by atoms with E-state index < -0.39 is 0 Å². The molecule has 1 saturated heterocycles. The molecule has 2 heterocycles. The molecule has 28 heavy (non-hydrogen) atoms. The van der Waals surface area contributed by atoms with E-state index in [-0.39, 0.29) is 17.7 Å². The number of primary amides is 1. The van der Waals surface area contributed by atoms with Crippen molar-refractivity contribution >= 4 is 28.4 Å². The highest BCUT2D eigenvalue weighted by molar-refractivity contribution is 5.98. The zero-order valence-corrected chi connectivity index (χ0v) is 17.2. The lowest BCUT2D eigenvalue weighted by Gasteiger charge is -2.30. The molecule has 0 unspecified atom stereocenters. The van der Waals surface area contributed by atoms with Gasteiger partial charge in [0, 0.05) is 41.6 Å². The number of benzene rings is 1. The predicted octanol–water partition coefficient (Wildman–Crippen LogP) is 3.49. The fraction of sp³-hybridized carbons (Fsp3) is 0.455. The van der Waals surface area contributed by atoms with E-state index in [1.165, 1.54) is 0 Å². The Balaban J connectivity index is 1.92. The first kappa shape index (κ1) is 20.0. The summed E-state index contributed by atoms with van der Waals surface area (Å²) in [5.74, 6) is 1.13. The minimum atomic E-state index is -0.280. The summed E-state index contributed by atoms with van der Waals surface area (Å²) in [4.78, 5) is 25.8. The van der Waals surface area contributed by atoms with Gasteiger partial charge in [-0.3, -0.25) is 9.59 Å². The molecule has 0 bridgehead atoms. The Morgan fingerprint density at radius 2 is 1.86 bits per heavy atom. The number of allylic oxidation sites excluding steroid dienone is 1. The highest BCUT2D eigenvalue weighted by atomic mass is 16.5. The van der Waals surface area contributed by atoms with Gasteiger partial charge in [0.25, 0.3) is 0 Å². The maximum atomic E-state index is 12.8. The van der Waals surface area contributed by atoms with Crippen molar-refractivity contribution in [3.8, 4) is 5.75 Å². The third-order valence-electron chi connectivity index (χ3n) is 5.82. The van der Waals surface area contributed by atoms with Crippen LogP contribution in [0.1, 0.15) is 42.2 Å². The lowest BCUT2D eigenvalue weighted by molar-refractivity contribution is -0.130. The van der Waals surface area contributed by atoms with E-state index in [4.69, 9.17) is 14.9 Å². The van der Waals surface area contributed by atoms with Gasteiger partial charge < -0.3 is 19.8 Å². The maximum Gasteiger partial charge on any atom is 0.246 e. The third kappa shape index (κ3) is 3.51. The number of nitrogens with two attached hydrogens (primary N) is 1. The molecule has 6 heteroatoms. The number of aryl methyl sites for hydroxylation is 3. The first-order chi connectivity index (χ1) is 13.2. The molecule has 1 aromatic heterocycles. The topological polar surface area (TPSA) is 85.8 Å². The lowest BCUT2D eigenvalue weighted by Crippen LogP contribution is -2.41. The number of amides is 2. The van der Waals surface area contributed by atoms with Crippen LogP contribution in [0.5, 0.6) is 5.75 Å². The number of carbonyl (C=O) groups is 2. The van der Waals surface area contributed by atoms with E-state index in [1.54, 1.807) is 18.1 Å². The van der Waals surface area contributed by atoms with Gasteiger partial charge in [0.05, 0.1) is 7.11 Å². The molecule has 2 N–H and O–H groups in total. The van der Waals surface area contributed by atoms with Crippen molar-refractivity contribution in [1.29, 1.82) is 0 Å². The van der Waals surface area contributed by atoms with E-state index in [9.17, 15) is 9.59 Å². The second-order valence-corrected chi connectivity index (χ2v) is 7.57. The number of rotatable bonds is 4. The highest BCUT2D eigenvalue weighted by Gasteiger charge is 2.25. The van der Waals surface area contributed by atoms with Crippen LogP contribution in [0.2, 0.25) is 0 Å². The van der Waals surface area contributed by atoms with Crippen LogP contribution in [0.4, 0.5) is 0 Å². The third-order valence-corrected chi connectivity index (χ3v) is 5.82. The molecule has 3 rings (SSSR count). The summed E-state index contributed by atoms with van der Waals surface area (Å²) in [5.41, 5.74) is 9.94. The van der Waals surface area contributed by atoms with E-state index in [1.807, 2.05) is 33.8 Å². The number of hydrogen-bond acceptors (Lipinski definition) is 4. The van der Waals surface area contributed by atoms with Crippen molar-refractivity contribution < 1.29 is 18.7 Å². The van der Waals surface area contributed by atoms with Crippen LogP contribution < -0.4 is 10.5 Å². The molecular formula is C22H28N2O4. The van der Waals surface area contributed by atoms with Crippen LogP contribution in [-0.2, 0) is 9.59 Å². The van der Waals surface area contributed by atoms with Gasteiger partial charge in [0.2, 0.25) is 11.8 Å². The number of hydrogen-bond donors (Lipinski definition) is 1. The van der Waals surface area contributed by atoms with E-state index in [0.717, 1.165) is 44.7 Å². The Hall–Kier alpha value is -2.76. The second-order valence-electron chi connectivity index (χ2n) is 7.57. The first-order valence-electron chi connectivity index (χ1n) is 9.58. The van der Waals surface area contributed by atoms with Crippen molar-refractivity contribution in [2.24, 2.45) is 11.7 Å². The van der Waals surface area contributed by atoms with Gasteiger partial charge in [0.15, 0.2) is 0 Å². The minimum Gasteiger partial charge on any atom is -0.496 e. The molecule has 6 nitrogen and oxygen atoms in total. The lowest BCUT2D eigenvalue weighted by atomic mass is 9.95. The molecule has 0 atom stereocenters. The maximum absolute atomic E-state index is 12.8. The van der Waals surface area contributed by atoms with Gasteiger partial charge in [-0.2, -0.15) is 0 Å². The molecule has 1 aliphatic rings. The Morgan fingerprint density at radius 3 is 2.43 bits per heavy atom. The summed E-state index contributed by atoms with van der Waals surface area (Å²) >= 11 is 0. The van der Waals surface area contributed by atoms with Crippen LogP contribution >= 0.6 is 0 Å². The fourth-order valence-electron chi connectivity index (χ4n) is 3.91. The molecule has 0 spiro atoms. The highest BCUT2D eigenvalue weighted by Crippen LogP contribution is 2.38. The molecule has 150 valence electrons. The number of piperidine rings is 1. The van der Waals surface area contributed by atoms with E-state index in [2.05, 4.69) is 0 Å². The molecule has 0 radical (unpaired) electrons. The zero-order valence-electron chi connectivity index (χ0n) is 17.2. The molecule has 1 aromatic carbocycles. The quantitative estimate of drug-likeness (QED) is 0.818. The summed E-state index contributed by atoms with van der Waals surface area (Å²) in [6, 6.07) is 2.03. The van der Waals surface area contributed by atoms with Crippen LogP contribution in [-0.4, -0.2) is 36.9 Å². The van der Waals surface area contributed by atoms with Gasteiger partial charge in [-0.25, -0.2) is 0 Å². The second kappa shape index (κ2) is 7.70. The first-order valence-corrected chi connectivity index (χ1v) is 9.58. The summed E-state index contributed by atoms with van der Waals surface area (Å²) in [6.45, 7) is 8.96. The number of likely N-dealkylation sites (tertiary alicyclic amines) is 1. The molecule has 1 aliphatic heterocycles. The number of furan rings is 1. The summed E-state index contributed by atoms with van der Waals surface area (Å²) in [5, 5.41) is 1.04. The monoisotopic (exact) mass is 384 g/mol. The molecule has 2 aromatic rings. The summed E-state index contributed by atoms with van der Waals surface area (Å²) in [6.07, 6.45) is 2.89. The van der Waals surface area contributed by atoms with Crippen LogP contribution in [0.15, 0.2) is 16.6 Å². The van der Waals surface area contributed by atoms with Crippen molar-refractivity contribution in [2.45, 2.75) is 40.5 Å². The Labute approximate surface area is 165 Å². The van der Waals surface area contributed by atoms with Crippen LogP contribution in [0.3, 0.4) is 0 Å². The molecule has 1 fully saturated rings. The molecule has 0 aliphatic carbocycles. The van der Waals surface area contributed by atoms with Crippen molar-refractivity contribution in [1.82, 2.24) is 4.90 Å². The normalized spacial score (nSPS) is 15.9. The van der Waals surface area contributed by atoms with Crippen LogP contribution in [0.25, 0.3) is 16.5 Å². The van der Waals surface area contributed by atoms with Crippen LogP contribution in [0, 0.1) is 26.7 Å². The molecule has 0 saturated carbocycles. The van der Waals surface area contributed by atoms with Crippen molar-refractivity contribution in [2.75, 3.05) is 20.2 Å². The number of carbonyl (C=O) groups excluding carboxylic acids is 2. The van der Waals surface area contributed by atoms with Gasteiger partial charge in [-0.15, -0.1) is 0 Å². The van der Waals surface area contributed by atoms with E-state index >= 15 is 0 Å².